The molecule has 0 aromatic rings. The van der Waals surface area contributed by atoms with Crippen molar-refractivity contribution in [2.45, 2.75) is 32.6 Å². The second-order valence-corrected chi connectivity index (χ2v) is 5.68. The van der Waals surface area contributed by atoms with E-state index in [4.69, 9.17) is 18.0 Å². The fourth-order valence-electron chi connectivity index (χ4n) is 2.06. The monoisotopic (exact) mass is 271 g/mol. The maximum atomic E-state index is 12.0. The highest BCUT2D eigenvalue weighted by Gasteiger charge is 2.21. The summed E-state index contributed by atoms with van der Waals surface area (Å²) in [5, 5.41) is 0. The van der Waals surface area contributed by atoms with Crippen LogP contribution in [0.15, 0.2) is 0 Å². The van der Waals surface area contributed by atoms with E-state index < -0.39 is 0 Å². The Morgan fingerprint density at radius 1 is 1.44 bits per heavy atom. The fourth-order valence-corrected chi connectivity index (χ4v) is 2.15. The number of rotatable bonds is 8. The first-order valence-electron chi connectivity index (χ1n) is 6.77. The van der Waals surface area contributed by atoms with Crippen molar-refractivity contribution in [2.24, 2.45) is 11.7 Å². The average molecular weight is 271 g/mol. The van der Waals surface area contributed by atoms with Crippen molar-refractivity contribution in [1.29, 1.82) is 0 Å². The third-order valence-corrected chi connectivity index (χ3v) is 3.87. The van der Waals surface area contributed by atoms with Crippen molar-refractivity contribution >= 4 is 23.1 Å². The van der Waals surface area contributed by atoms with Gasteiger partial charge in [0, 0.05) is 26.6 Å². The quantitative estimate of drug-likeness (QED) is 0.675. The summed E-state index contributed by atoms with van der Waals surface area (Å²) in [6, 6.07) is 0. The molecular formula is C13H25N3OS. The maximum Gasteiger partial charge on any atom is 0.236 e. The van der Waals surface area contributed by atoms with Gasteiger partial charge in [0.05, 0.1) is 11.5 Å². The summed E-state index contributed by atoms with van der Waals surface area (Å²) in [7, 11) is 1.82. The van der Waals surface area contributed by atoms with Gasteiger partial charge in [-0.15, -0.1) is 0 Å². The standard InChI is InChI=1S/C13H25N3OS/c1-3-16(9-11-5-4-6-11)10-13(17)15(2)8-7-12(14)18/h11H,3-10H2,1-2H3,(H2,14,18). The second kappa shape index (κ2) is 7.69. The minimum absolute atomic E-state index is 0.160. The highest BCUT2D eigenvalue weighted by atomic mass is 32.1. The van der Waals surface area contributed by atoms with Crippen molar-refractivity contribution < 1.29 is 4.79 Å². The number of carbonyl (C=O) groups excluding carboxylic acids is 1. The smallest absolute Gasteiger partial charge is 0.236 e. The number of carbonyl (C=O) groups is 1. The molecule has 1 aliphatic rings. The van der Waals surface area contributed by atoms with E-state index in [1.165, 1.54) is 19.3 Å². The van der Waals surface area contributed by atoms with E-state index in [1.807, 2.05) is 7.05 Å². The van der Waals surface area contributed by atoms with Crippen LogP contribution in [0.25, 0.3) is 0 Å². The number of likely N-dealkylation sites (N-methyl/N-ethyl adjacent to an activating group) is 2. The van der Waals surface area contributed by atoms with Crippen molar-refractivity contribution in [1.82, 2.24) is 9.80 Å². The molecule has 0 atom stereocenters. The molecule has 0 radical (unpaired) electrons. The molecule has 1 rings (SSSR count). The Balaban J connectivity index is 2.28. The van der Waals surface area contributed by atoms with Gasteiger partial charge in [0.15, 0.2) is 0 Å². The first kappa shape index (κ1) is 15.4. The lowest BCUT2D eigenvalue weighted by Gasteiger charge is -2.32. The molecule has 18 heavy (non-hydrogen) atoms. The van der Waals surface area contributed by atoms with Gasteiger partial charge < -0.3 is 10.6 Å². The van der Waals surface area contributed by atoms with E-state index in [1.54, 1.807) is 4.90 Å². The lowest BCUT2D eigenvalue weighted by Crippen LogP contribution is -2.42. The molecule has 0 aliphatic heterocycles. The van der Waals surface area contributed by atoms with Crippen LogP contribution in [0.2, 0.25) is 0 Å². The zero-order chi connectivity index (χ0) is 13.5. The van der Waals surface area contributed by atoms with Crippen LogP contribution < -0.4 is 5.73 Å². The van der Waals surface area contributed by atoms with Crippen LogP contribution >= 0.6 is 12.2 Å². The maximum absolute atomic E-state index is 12.0. The third kappa shape index (κ3) is 5.31. The predicted octanol–water partition coefficient (Wildman–Crippen LogP) is 1.24. The van der Waals surface area contributed by atoms with Crippen LogP contribution in [0.3, 0.4) is 0 Å². The molecule has 2 N–H and O–H groups in total. The van der Waals surface area contributed by atoms with Gasteiger partial charge in [0.2, 0.25) is 5.91 Å². The molecule has 1 amide bonds. The van der Waals surface area contributed by atoms with E-state index in [9.17, 15) is 4.79 Å². The first-order valence-corrected chi connectivity index (χ1v) is 7.18. The Labute approximate surface area is 115 Å². The van der Waals surface area contributed by atoms with E-state index in [-0.39, 0.29) is 5.91 Å². The van der Waals surface area contributed by atoms with Crippen molar-refractivity contribution in [3.63, 3.8) is 0 Å². The SMILES string of the molecule is CCN(CC(=O)N(C)CCC(N)=S)CC1CCC1. The summed E-state index contributed by atoms with van der Waals surface area (Å²) in [5.41, 5.74) is 5.44. The Hall–Kier alpha value is -0.680. The molecule has 0 heterocycles. The highest BCUT2D eigenvalue weighted by Crippen LogP contribution is 2.26. The fraction of sp³-hybridized carbons (Fsp3) is 0.846. The largest absolute Gasteiger partial charge is 0.393 e. The summed E-state index contributed by atoms with van der Waals surface area (Å²) < 4.78 is 0. The molecule has 0 bridgehead atoms. The first-order chi connectivity index (χ1) is 8.52. The van der Waals surface area contributed by atoms with Gasteiger partial charge >= 0.3 is 0 Å². The summed E-state index contributed by atoms with van der Waals surface area (Å²) in [4.78, 5) is 16.4. The Bertz CT molecular complexity index is 292. The van der Waals surface area contributed by atoms with Gasteiger partial charge in [-0.1, -0.05) is 25.6 Å². The number of hydrogen-bond acceptors (Lipinski definition) is 3. The van der Waals surface area contributed by atoms with E-state index in [0.717, 1.165) is 19.0 Å². The van der Waals surface area contributed by atoms with Crippen LogP contribution in [-0.2, 0) is 4.79 Å². The molecule has 1 saturated carbocycles. The van der Waals surface area contributed by atoms with Gasteiger partial charge in [-0.25, -0.2) is 0 Å². The lowest BCUT2D eigenvalue weighted by molar-refractivity contribution is -0.131. The Morgan fingerprint density at radius 2 is 2.11 bits per heavy atom. The van der Waals surface area contributed by atoms with Crippen LogP contribution in [0.1, 0.15) is 32.6 Å². The van der Waals surface area contributed by atoms with Gasteiger partial charge in [-0.2, -0.15) is 0 Å². The number of nitrogens with zero attached hydrogens (tertiary/aromatic N) is 2. The van der Waals surface area contributed by atoms with Crippen LogP contribution in [0.4, 0.5) is 0 Å². The zero-order valence-corrected chi connectivity index (χ0v) is 12.3. The molecule has 1 fully saturated rings. The molecule has 0 aromatic carbocycles. The van der Waals surface area contributed by atoms with Gasteiger partial charge in [-0.05, 0) is 25.3 Å². The van der Waals surface area contributed by atoms with Crippen molar-refractivity contribution in [2.75, 3.05) is 33.2 Å². The number of nitrogens with two attached hydrogens (primary N) is 1. The molecule has 0 spiro atoms. The molecule has 104 valence electrons. The third-order valence-electron chi connectivity index (χ3n) is 3.67. The number of thiocarbonyl (C=S) groups is 1. The predicted molar refractivity (Wildman–Crippen MR) is 78.5 cm³/mol. The van der Waals surface area contributed by atoms with E-state index >= 15 is 0 Å². The topological polar surface area (TPSA) is 49.6 Å². The lowest BCUT2D eigenvalue weighted by atomic mass is 9.85. The summed E-state index contributed by atoms with van der Waals surface area (Å²) in [6.45, 7) is 5.24. The van der Waals surface area contributed by atoms with E-state index in [2.05, 4.69) is 11.8 Å². The summed E-state index contributed by atoms with van der Waals surface area (Å²) in [5.74, 6) is 0.965. The zero-order valence-electron chi connectivity index (χ0n) is 11.5. The molecule has 0 aromatic heterocycles. The van der Waals surface area contributed by atoms with Gasteiger partial charge in [0.1, 0.15) is 0 Å². The normalized spacial score (nSPS) is 15.5. The van der Waals surface area contributed by atoms with Gasteiger partial charge in [-0.3, -0.25) is 9.69 Å². The molecule has 5 heteroatoms. The minimum Gasteiger partial charge on any atom is -0.393 e. The minimum atomic E-state index is 0.160. The second-order valence-electron chi connectivity index (χ2n) is 5.16. The Kier molecular flexibility index (Phi) is 6.57. The van der Waals surface area contributed by atoms with Crippen LogP contribution in [0, 0.1) is 5.92 Å². The van der Waals surface area contributed by atoms with Crippen molar-refractivity contribution in [3.8, 4) is 0 Å². The molecular weight excluding hydrogens is 246 g/mol. The summed E-state index contributed by atoms with van der Waals surface area (Å²) >= 11 is 4.82. The summed E-state index contributed by atoms with van der Waals surface area (Å²) in [6.07, 6.45) is 4.60. The van der Waals surface area contributed by atoms with Crippen LogP contribution in [-0.4, -0.2) is 53.9 Å². The van der Waals surface area contributed by atoms with Crippen molar-refractivity contribution in [3.05, 3.63) is 0 Å². The van der Waals surface area contributed by atoms with E-state index in [0.29, 0.717) is 24.5 Å². The number of hydrogen-bond donors (Lipinski definition) is 1. The molecule has 0 saturated heterocycles. The molecule has 0 unspecified atom stereocenters. The average Bonchev–Trinajstić information content (AvgIpc) is 2.28. The highest BCUT2D eigenvalue weighted by molar-refractivity contribution is 7.80. The van der Waals surface area contributed by atoms with Crippen LogP contribution in [0.5, 0.6) is 0 Å². The number of amides is 1. The van der Waals surface area contributed by atoms with Gasteiger partial charge in [0.25, 0.3) is 0 Å². The Morgan fingerprint density at radius 3 is 2.56 bits per heavy atom. The molecule has 4 nitrogen and oxygen atoms in total. The molecule has 1 aliphatic carbocycles.